The number of hydrogen-bond donors (Lipinski definition) is 0. The molecule has 1 aliphatic carbocycles. The second kappa shape index (κ2) is 4.45. The van der Waals surface area contributed by atoms with Gasteiger partial charge in [0, 0.05) is 4.90 Å². The maximum Gasteiger partial charge on any atom is 0.138 e. The van der Waals surface area contributed by atoms with Crippen molar-refractivity contribution in [3.63, 3.8) is 0 Å². The molecule has 0 unspecified atom stereocenters. The molecule has 0 amide bonds. The van der Waals surface area contributed by atoms with Gasteiger partial charge in [-0.1, -0.05) is 11.6 Å². The van der Waals surface area contributed by atoms with E-state index in [0.29, 0.717) is 6.10 Å². The van der Waals surface area contributed by atoms with Crippen molar-refractivity contribution in [3.8, 4) is 5.75 Å². The molecule has 1 nitrogen and oxygen atoms in total. The molecule has 1 saturated carbocycles. The zero-order valence-corrected chi connectivity index (χ0v) is 9.70. The molecule has 0 aliphatic heterocycles. The SMILES string of the molecule is CSc1ccc(OC2CCC2)c(Cl)c1. The summed E-state index contributed by atoms with van der Waals surface area (Å²) >= 11 is 7.79. The van der Waals surface area contributed by atoms with E-state index in [1.807, 2.05) is 24.5 Å². The number of rotatable bonds is 3. The zero-order chi connectivity index (χ0) is 9.97. The molecule has 0 aromatic heterocycles. The Bertz CT molecular complexity index is 323. The lowest BCUT2D eigenvalue weighted by molar-refractivity contribution is 0.120. The van der Waals surface area contributed by atoms with Crippen LogP contribution in [0.3, 0.4) is 0 Å². The minimum absolute atomic E-state index is 0.396. The van der Waals surface area contributed by atoms with Gasteiger partial charge in [-0.3, -0.25) is 0 Å². The van der Waals surface area contributed by atoms with E-state index in [9.17, 15) is 0 Å². The Kier molecular flexibility index (Phi) is 3.24. The second-order valence-corrected chi connectivity index (χ2v) is 4.75. The summed E-state index contributed by atoms with van der Waals surface area (Å²) in [6.45, 7) is 0. The fraction of sp³-hybridized carbons (Fsp3) is 0.455. The summed E-state index contributed by atoms with van der Waals surface area (Å²) in [6.07, 6.45) is 6.05. The fourth-order valence-corrected chi connectivity index (χ4v) is 2.10. The molecule has 0 saturated heterocycles. The molecule has 0 atom stereocenters. The van der Waals surface area contributed by atoms with Gasteiger partial charge < -0.3 is 4.74 Å². The van der Waals surface area contributed by atoms with Crippen molar-refractivity contribution in [2.75, 3.05) is 6.26 Å². The van der Waals surface area contributed by atoms with Crippen LogP contribution in [0.5, 0.6) is 5.75 Å². The molecule has 0 heterocycles. The van der Waals surface area contributed by atoms with Crippen LogP contribution in [0.15, 0.2) is 23.1 Å². The molecule has 0 bridgehead atoms. The maximum atomic E-state index is 6.09. The van der Waals surface area contributed by atoms with Gasteiger partial charge in [-0.25, -0.2) is 0 Å². The average Bonchev–Trinajstić information content (AvgIpc) is 2.13. The first-order chi connectivity index (χ1) is 6.79. The molecular formula is C11H13ClOS. The highest BCUT2D eigenvalue weighted by Crippen LogP contribution is 2.32. The predicted molar refractivity (Wildman–Crippen MR) is 61.5 cm³/mol. The number of thioether (sulfide) groups is 1. The highest BCUT2D eigenvalue weighted by atomic mass is 35.5. The molecule has 1 aromatic carbocycles. The molecule has 1 aromatic rings. The Morgan fingerprint density at radius 3 is 2.71 bits per heavy atom. The standard InChI is InChI=1S/C11H13ClOS/c1-14-9-5-6-11(10(12)7-9)13-8-3-2-4-8/h5-8H,2-4H2,1H3. The zero-order valence-electron chi connectivity index (χ0n) is 8.13. The second-order valence-electron chi connectivity index (χ2n) is 3.47. The van der Waals surface area contributed by atoms with Gasteiger partial charge in [0.25, 0.3) is 0 Å². The molecular weight excluding hydrogens is 216 g/mol. The topological polar surface area (TPSA) is 9.23 Å². The van der Waals surface area contributed by atoms with Crippen molar-refractivity contribution < 1.29 is 4.74 Å². The third kappa shape index (κ3) is 2.18. The van der Waals surface area contributed by atoms with Crippen LogP contribution in [0.25, 0.3) is 0 Å². The van der Waals surface area contributed by atoms with Crippen molar-refractivity contribution >= 4 is 23.4 Å². The normalized spacial score (nSPS) is 16.4. The summed E-state index contributed by atoms with van der Waals surface area (Å²) in [7, 11) is 0. The Balaban J connectivity index is 2.09. The number of hydrogen-bond acceptors (Lipinski definition) is 2. The molecule has 3 heteroatoms. The summed E-state index contributed by atoms with van der Waals surface area (Å²) in [5, 5.41) is 0.726. The summed E-state index contributed by atoms with van der Waals surface area (Å²) in [4.78, 5) is 1.18. The maximum absolute atomic E-state index is 6.09. The third-order valence-corrected chi connectivity index (χ3v) is 3.51. The van der Waals surface area contributed by atoms with Gasteiger partial charge in [0.05, 0.1) is 11.1 Å². The lowest BCUT2D eigenvalue weighted by Crippen LogP contribution is -2.24. The fourth-order valence-electron chi connectivity index (χ4n) is 1.37. The smallest absolute Gasteiger partial charge is 0.138 e. The molecule has 0 radical (unpaired) electrons. The molecule has 0 spiro atoms. The first kappa shape index (κ1) is 10.2. The van der Waals surface area contributed by atoms with Crippen molar-refractivity contribution in [1.29, 1.82) is 0 Å². The molecule has 1 aliphatic rings. The lowest BCUT2D eigenvalue weighted by atomic mass is 9.96. The molecule has 0 N–H and O–H groups in total. The quantitative estimate of drug-likeness (QED) is 0.724. The largest absolute Gasteiger partial charge is 0.489 e. The Hall–Kier alpha value is -0.340. The summed E-state index contributed by atoms with van der Waals surface area (Å²) < 4.78 is 5.74. The van der Waals surface area contributed by atoms with Crippen LogP contribution in [-0.2, 0) is 0 Å². The lowest BCUT2D eigenvalue weighted by Gasteiger charge is -2.26. The van der Waals surface area contributed by atoms with E-state index in [4.69, 9.17) is 16.3 Å². The highest BCUT2D eigenvalue weighted by molar-refractivity contribution is 7.98. The average molecular weight is 229 g/mol. The van der Waals surface area contributed by atoms with E-state index in [2.05, 4.69) is 0 Å². The van der Waals surface area contributed by atoms with Crippen molar-refractivity contribution in [3.05, 3.63) is 23.2 Å². The molecule has 2 rings (SSSR count). The minimum atomic E-state index is 0.396. The van der Waals surface area contributed by atoms with Gasteiger partial charge in [-0.15, -0.1) is 11.8 Å². The summed E-state index contributed by atoms with van der Waals surface area (Å²) in [5.74, 6) is 0.828. The van der Waals surface area contributed by atoms with Gasteiger partial charge in [0.15, 0.2) is 0 Å². The number of halogens is 1. The van der Waals surface area contributed by atoms with Gasteiger partial charge >= 0.3 is 0 Å². The van der Waals surface area contributed by atoms with Crippen LogP contribution in [0.2, 0.25) is 5.02 Å². The van der Waals surface area contributed by atoms with Crippen LogP contribution in [0.1, 0.15) is 19.3 Å². The van der Waals surface area contributed by atoms with Crippen LogP contribution >= 0.6 is 23.4 Å². The van der Waals surface area contributed by atoms with E-state index >= 15 is 0 Å². The van der Waals surface area contributed by atoms with Crippen molar-refractivity contribution in [1.82, 2.24) is 0 Å². The third-order valence-electron chi connectivity index (χ3n) is 2.48. The van der Waals surface area contributed by atoms with Gasteiger partial charge in [0.1, 0.15) is 5.75 Å². The van der Waals surface area contributed by atoms with E-state index in [1.165, 1.54) is 24.2 Å². The monoisotopic (exact) mass is 228 g/mol. The van der Waals surface area contributed by atoms with E-state index in [0.717, 1.165) is 10.8 Å². The van der Waals surface area contributed by atoms with Crippen LogP contribution in [0.4, 0.5) is 0 Å². The molecule has 76 valence electrons. The Morgan fingerprint density at radius 1 is 1.43 bits per heavy atom. The van der Waals surface area contributed by atoms with Gasteiger partial charge in [-0.05, 0) is 43.7 Å². The van der Waals surface area contributed by atoms with E-state index < -0.39 is 0 Å². The predicted octanol–water partition coefficient (Wildman–Crippen LogP) is 3.99. The van der Waals surface area contributed by atoms with Crippen molar-refractivity contribution in [2.24, 2.45) is 0 Å². The van der Waals surface area contributed by atoms with Gasteiger partial charge in [-0.2, -0.15) is 0 Å². The van der Waals surface area contributed by atoms with E-state index in [1.54, 1.807) is 11.8 Å². The van der Waals surface area contributed by atoms with Crippen LogP contribution in [0, 0.1) is 0 Å². The Labute approximate surface area is 93.8 Å². The van der Waals surface area contributed by atoms with Crippen LogP contribution in [-0.4, -0.2) is 12.4 Å². The molecule has 14 heavy (non-hydrogen) atoms. The van der Waals surface area contributed by atoms with E-state index in [-0.39, 0.29) is 0 Å². The summed E-state index contributed by atoms with van der Waals surface area (Å²) in [5.41, 5.74) is 0. The highest BCUT2D eigenvalue weighted by Gasteiger charge is 2.19. The van der Waals surface area contributed by atoms with Crippen molar-refractivity contribution in [2.45, 2.75) is 30.3 Å². The first-order valence-electron chi connectivity index (χ1n) is 4.80. The number of ether oxygens (including phenoxy) is 1. The Morgan fingerprint density at radius 2 is 2.21 bits per heavy atom. The first-order valence-corrected chi connectivity index (χ1v) is 6.40. The summed E-state index contributed by atoms with van der Waals surface area (Å²) in [6, 6.07) is 5.97. The van der Waals surface area contributed by atoms with Crippen LogP contribution < -0.4 is 4.74 Å². The van der Waals surface area contributed by atoms with Gasteiger partial charge in [0.2, 0.25) is 0 Å². The molecule has 1 fully saturated rings. The minimum Gasteiger partial charge on any atom is -0.489 e. The number of benzene rings is 1.